The topological polar surface area (TPSA) is 18.5 Å². The Kier molecular flexibility index (Phi) is 6.07. The molecule has 0 N–H and O–H groups in total. The van der Waals surface area contributed by atoms with Gasteiger partial charge in [-0.3, -0.25) is 0 Å². The lowest BCUT2D eigenvalue weighted by Crippen LogP contribution is -2.22. The predicted octanol–water partition coefficient (Wildman–Crippen LogP) is 5.19. The first-order valence-corrected chi connectivity index (χ1v) is 7.65. The minimum absolute atomic E-state index is 0.302. The summed E-state index contributed by atoms with van der Waals surface area (Å²) in [6, 6.07) is 6.28. The molecule has 0 aliphatic carbocycles. The van der Waals surface area contributed by atoms with E-state index in [1.54, 1.807) is 0 Å². The summed E-state index contributed by atoms with van der Waals surface area (Å²) >= 11 is 0. The van der Waals surface area contributed by atoms with Crippen LogP contribution in [0.3, 0.4) is 0 Å². The van der Waals surface area contributed by atoms with E-state index in [-0.39, 0.29) is 5.60 Å². The molecule has 2 heteroatoms. The molecule has 2 nitrogen and oxygen atoms in total. The zero-order valence-corrected chi connectivity index (χ0v) is 14.1. The van der Waals surface area contributed by atoms with Crippen molar-refractivity contribution in [3.63, 3.8) is 0 Å². The maximum Gasteiger partial charge on any atom is 0.168 e. The van der Waals surface area contributed by atoms with Crippen LogP contribution in [-0.2, 0) is 17.7 Å². The van der Waals surface area contributed by atoms with Crippen LogP contribution < -0.4 is 4.89 Å². The van der Waals surface area contributed by atoms with Crippen LogP contribution in [0.2, 0.25) is 0 Å². The first kappa shape index (κ1) is 17.0. The largest absolute Gasteiger partial charge is 0.337 e. The average molecular weight is 278 g/mol. The molecule has 0 saturated carbocycles. The van der Waals surface area contributed by atoms with Gasteiger partial charge in [0, 0.05) is 5.56 Å². The van der Waals surface area contributed by atoms with Crippen molar-refractivity contribution in [3.05, 3.63) is 29.3 Å². The maximum atomic E-state index is 5.62. The molecule has 0 aromatic heterocycles. The lowest BCUT2D eigenvalue weighted by atomic mass is 9.92. The summed E-state index contributed by atoms with van der Waals surface area (Å²) < 4.78 is 0. The van der Waals surface area contributed by atoms with Gasteiger partial charge in [0.05, 0.1) is 0 Å². The summed E-state index contributed by atoms with van der Waals surface area (Å²) in [5, 5.41) is 0. The smallest absolute Gasteiger partial charge is 0.168 e. The van der Waals surface area contributed by atoms with E-state index in [2.05, 4.69) is 39.8 Å². The van der Waals surface area contributed by atoms with E-state index in [0.717, 1.165) is 18.6 Å². The van der Waals surface area contributed by atoms with Gasteiger partial charge in [-0.1, -0.05) is 39.8 Å². The van der Waals surface area contributed by atoms with Gasteiger partial charge in [-0.15, -0.1) is 0 Å². The Labute approximate surface area is 124 Å². The molecule has 20 heavy (non-hydrogen) atoms. The summed E-state index contributed by atoms with van der Waals surface area (Å²) in [6.07, 6.45) is 2.10. The molecule has 0 fully saturated rings. The molecule has 0 spiro atoms. The van der Waals surface area contributed by atoms with Gasteiger partial charge in [0.2, 0.25) is 0 Å². The first-order valence-electron chi connectivity index (χ1n) is 7.65. The second-order valence-electron chi connectivity index (χ2n) is 7.37. The highest BCUT2D eigenvalue weighted by Crippen LogP contribution is 2.28. The summed E-state index contributed by atoms with van der Waals surface area (Å²) in [5.41, 5.74) is 2.37. The Morgan fingerprint density at radius 3 is 2.05 bits per heavy atom. The molecule has 0 aliphatic heterocycles. The standard InChI is InChI=1S/C18H30O2/c1-13(2)11-15-9-8-10-17(16(15)12-14(3)4)19-20-18(5,6)7/h8-10,13-14H,11-12H2,1-7H3. The van der Waals surface area contributed by atoms with Crippen LogP contribution >= 0.6 is 0 Å². The highest BCUT2D eigenvalue weighted by molar-refractivity contribution is 5.40. The normalized spacial score (nSPS) is 12.2. The van der Waals surface area contributed by atoms with E-state index in [1.807, 2.05) is 26.8 Å². The van der Waals surface area contributed by atoms with Crippen molar-refractivity contribution in [3.8, 4) is 5.75 Å². The van der Waals surface area contributed by atoms with Gasteiger partial charge < -0.3 is 4.89 Å². The van der Waals surface area contributed by atoms with Crippen molar-refractivity contribution < 1.29 is 9.78 Å². The fourth-order valence-electron chi connectivity index (χ4n) is 2.13. The molecular formula is C18H30O2. The second kappa shape index (κ2) is 7.12. The van der Waals surface area contributed by atoms with Crippen LogP contribution in [0.4, 0.5) is 0 Å². The van der Waals surface area contributed by atoms with Gasteiger partial charge in [0.1, 0.15) is 5.60 Å². The van der Waals surface area contributed by atoms with Crippen LogP contribution in [0.25, 0.3) is 0 Å². The van der Waals surface area contributed by atoms with Gasteiger partial charge in [0.25, 0.3) is 0 Å². The van der Waals surface area contributed by atoms with Crippen molar-refractivity contribution in [1.29, 1.82) is 0 Å². The lowest BCUT2D eigenvalue weighted by Gasteiger charge is -2.21. The first-order chi connectivity index (χ1) is 9.19. The molecule has 0 aliphatic rings. The number of hydrogen-bond acceptors (Lipinski definition) is 2. The van der Waals surface area contributed by atoms with E-state index >= 15 is 0 Å². The van der Waals surface area contributed by atoms with Crippen LogP contribution in [0, 0.1) is 11.8 Å². The number of hydrogen-bond donors (Lipinski definition) is 0. The molecule has 0 bridgehead atoms. The second-order valence-corrected chi connectivity index (χ2v) is 7.37. The Balaban J connectivity index is 3.01. The minimum atomic E-state index is -0.302. The van der Waals surface area contributed by atoms with Gasteiger partial charge in [0.15, 0.2) is 5.75 Å². The fourth-order valence-corrected chi connectivity index (χ4v) is 2.13. The molecular weight excluding hydrogens is 248 g/mol. The van der Waals surface area contributed by atoms with Crippen molar-refractivity contribution in [2.24, 2.45) is 11.8 Å². The maximum absolute atomic E-state index is 5.62. The molecule has 0 atom stereocenters. The molecule has 0 heterocycles. The van der Waals surface area contributed by atoms with Gasteiger partial charge >= 0.3 is 0 Å². The van der Waals surface area contributed by atoms with Crippen molar-refractivity contribution in [2.75, 3.05) is 0 Å². The molecule has 1 aromatic rings. The average Bonchev–Trinajstić information content (AvgIpc) is 2.27. The Bertz CT molecular complexity index is 414. The van der Waals surface area contributed by atoms with E-state index in [0.29, 0.717) is 11.8 Å². The lowest BCUT2D eigenvalue weighted by molar-refractivity contribution is -0.275. The van der Waals surface area contributed by atoms with E-state index in [4.69, 9.17) is 9.78 Å². The number of rotatable bonds is 6. The third-order valence-corrected chi connectivity index (χ3v) is 2.85. The highest BCUT2D eigenvalue weighted by atomic mass is 17.2. The van der Waals surface area contributed by atoms with Crippen LogP contribution in [0.5, 0.6) is 5.75 Å². The molecule has 0 unspecified atom stereocenters. The van der Waals surface area contributed by atoms with Crippen LogP contribution in [-0.4, -0.2) is 5.60 Å². The van der Waals surface area contributed by atoms with Gasteiger partial charge in [-0.2, -0.15) is 4.89 Å². The van der Waals surface area contributed by atoms with Gasteiger partial charge in [-0.25, -0.2) is 0 Å². The van der Waals surface area contributed by atoms with E-state index in [9.17, 15) is 0 Å². The third-order valence-electron chi connectivity index (χ3n) is 2.85. The third kappa shape index (κ3) is 5.96. The number of benzene rings is 1. The molecule has 0 saturated heterocycles. The van der Waals surface area contributed by atoms with Crippen molar-refractivity contribution in [2.45, 2.75) is 66.9 Å². The van der Waals surface area contributed by atoms with Crippen LogP contribution in [0.15, 0.2) is 18.2 Å². The molecule has 1 aromatic carbocycles. The molecule has 114 valence electrons. The molecule has 1 rings (SSSR count). The van der Waals surface area contributed by atoms with Crippen molar-refractivity contribution in [1.82, 2.24) is 0 Å². The fraction of sp³-hybridized carbons (Fsp3) is 0.667. The quantitative estimate of drug-likeness (QED) is 0.526. The molecule has 0 amide bonds. The van der Waals surface area contributed by atoms with Crippen LogP contribution in [0.1, 0.15) is 59.6 Å². The zero-order chi connectivity index (χ0) is 15.3. The summed E-state index contributed by atoms with van der Waals surface area (Å²) in [6.45, 7) is 14.9. The molecule has 0 radical (unpaired) electrons. The predicted molar refractivity (Wildman–Crippen MR) is 85.0 cm³/mol. The monoisotopic (exact) mass is 278 g/mol. The summed E-state index contributed by atoms with van der Waals surface area (Å²) in [4.78, 5) is 11.1. The van der Waals surface area contributed by atoms with Crippen molar-refractivity contribution >= 4 is 0 Å². The summed E-state index contributed by atoms with van der Waals surface area (Å²) in [7, 11) is 0. The zero-order valence-electron chi connectivity index (χ0n) is 14.1. The SMILES string of the molecule is CC(C)Cc1cccc(OOC(C)(C)C)c1CC(C)C. The minimum Gasteiger partial charge on any atom is -0.337 e. The Hall–Kier alpha value is -1.02. The Morgan fingerprint density at radius 1 is 0.950 bits per heavy atom. The van der Waals surface area contributed by atoms with E-state index in [1.165, 1.54) is 11.1 Å². The van der Waals surface area contributed by atoms with E-state index < -0.39 is 0 Å². The summed E-state index contributed by atoms with van der Waals surface area (Å²) in [5.74, 6) is 2.10. The Morgan fingerprint density at radius 2 is 1.55 bits per heavy atom. The van der Waals surface area contributed by atoms with Gasteiger partial charge in [-0.05, 0) is 57.1 Å². The highest BCUT2D eigenvalue weighted by Gasteiger charge is 2.17.